The van der Waals surface area contributed by atoms with Gasteiger partial charge in [-0.1, -0.05) is 0 Å². The smallest absolute Gasteiger partial charge is 0.257 e. The fraction of sp³-hybridized carbons (Fsp3) is 0.421. The van der Waals surface area contributed by atoms with Crippen LogP contribution in [0.2, 0.25) is 0 Å². The number of hydrogen-bond acceptors (Lipinski definition) is 7. The van der Waals surface area contributed by atoms with Crippen molar-refractivity contribution in [1.29, 1.82) is 0 Å². The van der Waals surface area contributed by atoms with Gasteiger partial charge in [0.15, 0.2) is 0 Å². The lowest BCUT2D eigenvalue weighted by Crippen LogP contribution is -2.40. The number of nitrogens with zero attached hydrogens (tertiary/aromatic N) is 6. The van der Waals surface area contributed by atoms with Gasteiger partial charge in [-0.15, -0.1) is 11.3 Å². The summed E-state index contributed by atoms with van der Waals surface area (Å²) in [6.07, 6.45) is 8.99. The normalized spacial score (nSPS) is 16.9. The summed E-state index contributed by atoms with van der Waals surface area (Å²) in [7, 11) is 0. The number of anilines is 1. The van der Waals surface area contributed by atoms with Crippen molar-refractivity contribution in [3.63, 3.8) is 0 Å². The minimum atomic E-state index is -0.0228. The lowest BCUT2D eigenvalue weighted by molar-refractivity contribution is 0.0702. The van der Waals surface area contributed by atoms with Gasteiger partial charge in [0.1, 0.15) is 5.82 Å². The van der Waals surface area contributed by atoms with E-state index in [9.17, 15) is 4.79 Å². The molecular weight excluding hydrogens is 374 g/mol. The number of rotatable bonds is 6. The van der Waals surface area contributed by atoms with Gasteiger partial charge in [-0.3, -0.25) is 4.79 Å². The number of piperidine rings is 1. The lowest BCUT2D eigenvalue weighted by Gasteiger charge is -2.32. The predicted molar refractivity (Wildman–Crippen MR) is 108 cm³/mol. The minimum Gasteiger partial charge on any atom is -0.355 e. The predicted octanol–water partition coefficient (Wildman–Crippen LogP) is 2.63. The van der Waals surface area contributed by atoms with Gasteiger partial charge in [0.05, 0.1) is 23.3 Å². The molecule has 0 aliphatic carbocycles. The number of carbonyl (C=O) groups excluding carboxylic acids is 1. The zero-order valence-corrected chi connectivity index (χ0v) is 16.6. The van der Waals surface area contributed by atoms with Gasteiger partial charge in [-0.25, -0.2) is 19.9 Å². The second-order valence-electron chi connectivity index (χ2n) is 6.81. The van der Waals surface area contributed by atoms with Crippen LogP contribution < -0.4 is 5.32 Å². The van der Waals surface area contributed by atoms with Crippen LogP contribution in [0, 0.1) is 0 Å². The van der Waals surface area contributed by atoms with Crippen molar-refractivity contribution >= 4 is 23.2 Å². The topological polar surface area (TPSA) is 88.8 Å². The summed E-state index contributed by atoms with van der Waals surface area (Å²) in [4.78, 5) is 32.2. The molecule has 0 saturated carbocycles. The van der Waals surface area contributed by atoms with Gasteiger partial charge in [0.25, 0.3) is 5.91 Å². The van der Waals surface area contributed by atoms with Crippen molar-refractivity contribution in [2.75, 3.05) is 25.0 Å². The van der Waals surface area contributed by atoms with Crippen LogP contribution in [0.5, 0.6) is 0 Å². The molecule has 0 spiro atoms. The summed E-state index contributed by atoms with van der Waals surface area (Å²) < 4.78 is 2.14. The SMILES string of the molecule is CCNc1ncc(C(=O)N2CCCC(c3nccn3Cc3cscn3)C2)cn1. The highest BCUT2D eigenvalue weighted by Gasteiger charge is 2.28. The van der Waals surface area contributed by atoms with Gasteiger partial charge in [0, 0.05) is 55.7 Å². The molecule has 1 saturated heterocycles. The van der Waals surface area contributed by atoms with Gasteiger partial charge >= 0.3 is 0 Å². The molecule has 3 aromatic rings. The van der Waals surface area contributed by atoms with Crippen molar-refractivity contribution in [2.45, 2.75) is 32.2 Å². The third-order valence-electron chi connectivity index (χ3n) is 4.87. The maximum Gasteiger partial charge on any atom is 0.257 e. The van der Waals surface area contributed by atoms with Crippen LogP contribution in [-0.4, -0.2) is 54.9 Å². The van der Waals surface area contributed by atoms with E-state index in [-0.39, 0.29) is 11.8 Å². The standard InChI is InChI=1S/C19H23N7OS/c1-2-20-19-22-8-15(9-23-19)18(27)26-6-3-4-14(10-26)17-21-5-7-25(17)11-16-12-28-13-24-16/h5,7-9,12-14H,2-4,6,10-11H2,1H3,(H,20,22,23). The van der Waals surface area contributed by atoms with Crippen molar-refractivity contribution in [3.8, 4) is 0 Å². The first-order valence-corrected chi connectivity index (χ1v) is 10.4. The largest absolute Gasteiger partial charge is 0.355 e. The maximum absolute atomic E-state index is 12.9. The van der Waals surface area contributed by atoms with Crippen LogP contribution in [0.3, 0.4) is 0 Å². The Bertz CT molecular complexity index is 907. The van der Waals surface area contributed by atoms with Crippen LogP contribution in [0.1, 0.15) is 47.6 Å². The number of thiazole rings is 1. The van der Waals surface area contributed by atoms with Gasteiger partial charge in [-0.05, 0) is 19.8 Å². The Hall–Kier alpha value is -2.81. The van der Waals surface area contributed by atoms with E-state index >= 15 is 0 Å². The molecule has 1 atom stereocenters. The fourth-order valence-electron chi connectivity index (χ4n) is 3.55. The van der Waals surface area contributed by atoms with Gasteiger partial charge in [-0.2, -0.15) is 0 Å². The van der Waals surface area contributed by atoms with E-state index in [0.29, 0.717) is 24.6 Å². The third-order valence-corrected chi connectivity index (χ3v) is 5.51. The molecule has 1 aliphatic rings. The Morgan fingerprint density at radius 3 is 2.89 bits per heavy atom. The molecule has 28 heavy (non-hydrogen) atoms. The highest BCUT2D eigenvalue weighted by atomic mass is 32.1. The average molecular weight is 398 g/mol. The second-order valence-corrected chi connectivity index (χ2v) is 7.53. The number of nitrogens with one attached hydrogen (secondary N) is 1. The van der Waals surface area contributed by atoms with Crippen molar-refractivity contribution in [1.82, 2.24) is 29.4 Å². The molecule has 8 nitrogen and oxygen atoms in total. The van der Waals surface area contributed by atoms with E-state index in [1.807, 2.05) is 29.7 Å². The molecule has 1 unspecified atom stereocenters. The van der Waals surface area contributed by atoms with Crippen LogP contribution >= 0.6 is 11.3 Å². The molecule has 4 heterocycles. The Morgan fingerprint density at radius 1 is 1.29 bits per heavy atom. The third kappa shape index (κ3) is 4.04. The number of hydrogen-bond donors (Lipinski definition) is 1. The van der Waals surface area contributed by atoms with Crippen LogP contribution in [0.15, 0.2) is 35.7 Å². The summed E-state index contributed by atoms with van der Waals surface area (Å²) in [6.45, 7) is 4.84. The molecule has 9 heteroatoms. The molecule has 1 fully saturated rings. The fourth-order valence-corrected chi connectivity index (χ4v) is 4.10. The first-order chi connectivity index (χ1) is 13.7. The van der Waals surface area contributed by atoms with Crippen LogP contribution in [-0.2, 0) is 6.54 Å². The van der Waals surface area contributed by atoms with Gasteiger partial charge in [0.2, 0.25) is 5.95 Å². The monoisotopic (exact) mass is 397 g/mol. The van der Waals surface area contributed by atoms with E-state index in [4.69, 9.17) is 0 Å². The number of imidazole rings is 1. The molecule has 146 valence electrons. The highest BCUT2D eigenvalue weighted by molar-refractivity contribution is 7.07. The molecule has 1 amide bonds. The summed E-state index contributed by atoms with van der Waals surface area (Å²) in [6, 6.07) is 0. The van der Waals surface area contributed by atoms with Crippen molar-refractivity contribution < 1.29 is 4.79 Å². The molecule has 1 N–H and O–H groups in total. The van der Waals surface area contributed by atoms with Crippen LogP contribution in [0.25, 0.3) is 0 Å². The highest BCUT2D eigenvalue weighted by Crippen LogP contribution is 2.27. The van der Waals surface area contributed by atoms with E-state index in [1.165, 1.54) is 0 Å². The molecule has 0 radical (unpaired) electrons. The molecule has 0 aromatic carbocycles. The first kappa shape index (κ1) is 18.5. The maximum atomic E-state index is 12.9. The Labute approximate surface area is 167 Å². The molecule has 3 aromatic heterocycles. The zero-order chi connectivity index (χ0) is 19.3. The Morgan fingerprint density at radius 2 is 2.14 bits per heavy atom. The van der Waals surface area contributed by atoms with E-state index in [1.54, 1.807) is 23.7 Å². The summed E-state index contributed by atoms with van der Waals surface area (Å²) in [5.41, 5.74) is 3.40. The zero-order valence-electron chi connectivity index (χ0n) is 15.8. The number of amides is 1. The van der Waals surface area contributed by atoms with Crippen molar-refractivity contribution in [3.05, 3.63) is 52.8 Å². The van der Waals surface area contributed by atoms with E-state index in [2.05, 4.69) is 35.2 Å². The minimum absolute atomic E-state index is 0.0228. The first-order valence-electron chi connectivity index (χ1n) is 9.48. The van der Waals surface area contributed by atoms with Crippen LogP contribution in [0.4, 0.5) is 5.95 Å². The molecule has 1 aliphatic heterocycles. The second kappa shape index (κ2) is 8.47. The Balaban J connectivity index is 1.46. The molecule has 4 rings (SSSR count). The molecular formula is C19H23N7OS. The van der Waals surface area contributed by atoms with E-state index in [0.717, 1.165) is 37.4 Å². The quantitative estimate of drug-likeness (QED) is 0.688. The molecule has 0 bridgehead atoms. The number of likely N-dealkylation sites (tertiary alicyclic amines) is 1. The Kier molecular flexibility index (Phi) is 5.61. The van der Waals surface area contributed by atoms with E-state index < -0.39 is 0 Å². The summed E-state index contributed by atoms with van der Waals surface area (Å²) in [5, 5.41) is 5.09. The number of carbonyl (C=O) groups is 1. The summed E-state index contributed by atoms with van der Waals surface area (Å²) >= 11 is 1.59. The summed E-state index contributed by atoms with van der Waals surface area (Å²) in [5.74, 6) is 1.75. The van der Waals surface area contributed by atoms with Crippen molar-refractivity contribution in [2.24, 2.45) is 0 Å². The number of aromatic nitrogens is 5. The van der Waals surface area contributed by atoms with Gasteiger partial charge < -0.3 is 14.8 Å². The lowest BCUT2D eigenvalue weighted by atomic mass is 9.96. The average Bonchev–Trinajstić information content (AvgIpc) is 3.41.